The highest BCUT2D eigenvalue weighted by Crippen LogP contribution is 2.47. The molecule has 1 aliphatic rings. The molecule has 1 aromatic carbocycles. The van der Waals surface area contributed by atoms with E-state index in [2.05, 4.69) is 35.6 Å². The van der Waals surface area contributed by atoms with Crippen molar-refractivity contribution in [3.05, 3.63) is 35.9 Å². The maximum atomic E-state index is 8.69. The second-order valence-electron chi connectivity index (χ2n) is 4.40. The minimum Gasteiger partial charge on any atom is -0.396 e. The van der Waals surface area contributed by atoms with Crippen molar-refractivity contribution in [2.75, 3.05) is 19.7 Å². The Morgan fingerprint density at radius 2 is 1.93 bits per heavy atom. The summed E-state index contributed by atoms with van der Waals surface area (Å²) < 4.78 is 0. The molecule has 0 aromatic heterocycles. The van der Waals surface area contributed by atoms with Gasteiger partial charge in [0.2, 0.25) is 0 Å². The van der Waals surface area contributed by atoms with Gasteiger partial charge < -0.3 is 10.4 Å². The van der Waals surface area contributed by atoms with E-state index in [4.69, 9.17) is 5.11 Å². The molecule has 1 aliphatic carbocycles. The molecule has 0 bridgehead atoms. The van der Waals surface area contributed by atoms with E-state index in [1.807, 2.05) is 0 Å². The Morgan fingerprint density at radius 1 is 1.20 bits per heavy atom. The summed E-state index contributed by atoms with van der Waals surface area (Å²) in [6.45, 7) is 2.26. The molecule has 0 saturated heterocycles. The summed E-state index contributed by atoms with van der Waals surface area (Å²) >= 11 is 0. The van der Waals surface area contributed by atoms with Gasteiger partial charge in [0.05, 0.1) is 0 Å². The first-order valence-electron chi connectivity index (χ1n) is 5.74. The molecule has 1 saturated carbocycles. The van der Waals surface area contributed by atoms with Gasteiger partial charge in [-0.15, -0.1) is 0 Å². The number of rotatable bonds is 6. The molecule has 0 atom stereocenters. The number of aliphatic hydroxyl groups is 1. The number of aliphatic hydroxyl groups excluding tert-OH is 1. The van der Waals surface area contributed by atoms with E-state index in [1.165, 1.54) is 18.4 Å². The van der Waals surface area contributed by atoms with Crippen LogP contribution in [0.1, 0.15) is 24.8 Å². The zero-order valence-electron chi connectivity index (χ0n) is 9.08. The van der Waals surface area contributed by atoms with Gasteiger partial charge in [-0.25, -0.2) is 0 Å². The summed E-state index contributed by atoms with van der Waals surface area (Å²) in [7, 11) is 0. The van der Waals surface area contributed by atoms with E-state index < -0.39 is 0 Å². The van der Waals surface area contributed by atoms with Crippen LogP contribution in [0.3, 0.4) is 0 Å². The fraction of sp³-hybridized carbons (Fsp3) is 0.538. The Bertz CT molecular complexity index is 293. The summed E-state index contributed by atoms with van der Waals surface area (Å²) in [4.78, 5) is 0. The molecular formula is C13H19NO. The van der Waals surface area contributed by atoms with Crippen LogP contribution in [0.5, 0.6) is 0 Å². The van der Waals surface area contributed by atoms with Gasteiger partial charge in [-0.2, -0.15) is 0 Å². The molecule has 1 aromatic rings. The lowest BCUT2D eigenvalue weighted by molar-refractivity contribution is 0.285. The molecule has 82 valence electrons. The number of benzene rings is 1. The standard InChI is InChI=1S/C13H19NO/c15-10-4-9-14-11-13(7-8-13)12-5-2-1-3-6-12/h1-3,5-6,14-15H,4,7-11H2. The number of hydrogen-bond donors (Lipinski definition) is 2. The van der Waals surface area contributed by atoms with Crippen LogP contribution in [0, 0.1) is 0 Å². The highest BCUT2D eigenvalue weighted by Gasteiger charge is 2.43. The normalized spacial score (nSPS) is 17.7. The van der Waals surface area contributed by atoms with E-state index in [0.29, 0.717) is 5.41 Å². The average molecular weight is 205 g/mol. The Kier molecular flexibility index (Phi) is 3.39. The zero-order valence-corrected chi connectivity index (χ0v) is 9.08. The van der Waals surface area contributed by atoms with E-state index in [0.717, 1.165) is 19.5 Å². The molecule has 0 unspecified atom stereocenters. The maximum absolute atomic E-state index is 8.69. The monoisotopic (exact) mass is 205 g/mol. The van der Waals surface area contributed by atoms with Crippen molar-refractivity contribution in [1.82, 2.24) is 5.32 Å². The Morgan fingerprint density at radius 3 is 2.53 bits per heavy atom. The van der Waals surface area contributed by atoms with Crippen molar-refractivity contribution >= 4 is 0 Å². The van der Waals surface area contributed by atoms with Gasteiger partial charge in [-0.3, -0.25) is 0 Å². The van der Waals surface area contributed by atoms with Gasteiger partial charge in [0, 0.05) is 18.6 Å². The second-order valence-corrected chi connectivity index (χ2v) is 4.40. The van der Waals surface area contributed by atoms with Crippen molar-refractivity contribution in [3.8, 4) is 0 Å². The van der Waals surface area contributed by atoms with Gasteiger partial charge in [-0.05, 0) is 31.4 Å². The van der Waals surface area contributed by atoms with Gasteiger partial charge >= 0.3 is 0 Å². The first-order chi connectivity index (χ1) is 7.37. The van der Waals surface area contributed by atoms with E-state index >= 15 is 0 Å². The van der Waals surface area contributed by atoms with E-state index in [9.17, 15) is 0 Å². The fourth-order valence-corrected chi connectivity index (χ4v) is 2.04. The molecule has 0 radical (unpaired) electrons. The summed E-state index contributed by atoms with van der Waals surface area (Å²) in [5.74, 6) is 0. The first-order valence-corrected chi connectivity index (χ1v) is 5.74. The third-order valence-electron chi connectivity index (χ3n) is 3.21. The Labute approximate surface area is 91.3 Å². The number of hydrogen-bond acceptors (Lipinski definition) is 2. The summed E-state index contributed by atoms with van der Waals surface area (Å²) in [5, 5.41) is 12.1. The maximum Gasteiger partial charge on any atom is 0.0443 e. The van der Waals surface area contributed by atoms with Crippen molar-refractivity contribution in [3.63, 3.8) is 0 Å². The van der Waals surface area contributed by atoms with Crippen molar-refractivity contribution in [2.24, 2.45) is 0 Å². The fourth-order valence-electron chi connectivity index (χ4n) is 2.04. The molecule has 2 N–H and O–H groups in total. The lowest BCUT2D eigenvalue weighted by Gasteiger charge is -2.16. The van der Waals surface area contributed by atoms with E-state index in [-0.39, 0.29) is 6.61 Å². The highest BCUT2D eigenvalue weighted by atomic mass is 16.3. The summed E-state index contributed by atoms with van der Waals surface area (Å²) in [6.07, 6.45) is 3.44. The van der Waals surface area contributed by atoms with Crippen LogP contribution >= 0.6 is 0 Å². The Hall–Kier alpha value is -0.860. The Balaban J connectivity index is 1.86. The summed E-state index contributed by atoms with van der Waals surface area (Å²) in [5.41, 5.74) is 1.86. The molecule has 15 heavy (non-hydrogen) atoms. The minimum atomic E-state index is 0.283. The molecule has 0 heterocycles. The van der Waals surface area contributed by atoms with Crippen molar-refractivity contribution < 1.29 is 5.11 Å². The third-order valence-corrected chi connectivity index (χ3v) is 3.21. The van der Waals surface area contributed by atoms with Crippen LogP contribution in [0.2, 0.25) is 0 Å². The average Bonchev–Trinajstić information content (AvgIpc) is 3.07. The lowest BCUT2D eigenvalue weighted by atomic mass is 9.96. The van der Waals surface area contributed by atoms with E-state index in [1.54, 1.807) is 0 Å². The predicted molar refractivity (Wildman–Crippen MR) is 61.9 cm³/mol. The molecule has 2 nitrogen and oxygen atoms in total. The quantitative estimate of drug-likeness (QED) is 0.693. The molecule has 2 heteroatoms. The topological polar surface area (TPSA) is 32.3 Å². The smallest absolute Gasteiger partial charge is 0.0443 e. The molecule has 1 fully saturated rings. The minimum absolute atomic E-state index is 0.283. The molecule has 0 spiro atoms. The number of nitrogens with one attached hydrogen (secondary N) is 1. The predicted octanol–water partition coefficient (Wildman–Crippen LogP) is 1.69. The third kappa shape index (κ3) is 2.58. The van der Waals surface area contributed by atoms with Crippen LogP contribution in [0.15, 0.2) is 30.3 Å². The van der Waals surface area contributed by atoms with Gasteiger partial charge in [-0.1, -0.05) is 30.3 Å². The van der Waals surface area contributed by atoms with Gasteiger partial charge in [0.15, 0.2) is 0 Å². The van der Waals surface area contributed by atoms with Crippen molar-refractivity contribution in [1.29, 1.82) is 0 Å². The molecule has 0 amide bonds. The van der Waals surface area contributed by atoms with Crippen LogP contribution < -0.4 is 5.32 Å². The van der Waals surface area contributed by atoms with Gasteiger partial charge in [0.25, 0.3) is 0 Å². The van der Waals surface area contributed by atoms with Crippen LogP contribution in [0.25, 0.3) is 0 Å². The summed E-state index contributed by atoms with van der Waals surface area (Å²) in [6, 6.07) is 10.7. The van der Waals surface area contributed by atoms with Crippen molar-refractivity contribution in [2.45, 2.75) is 24.7 Å². The van der Waals surface area contributed by atoms with Crippen LogP contribution in [-0.2, 0) is 5.41 Å². The molecule has 2 rings (SSSR count). The van der Waals surface area contributed by atoms with Gasteiger partial charge in [0.1, 0.15) is 0 Å². The zero-order chi connectivity index (χ0) is 10.6. The largest absolute Gasteiger partial charge is 0.396 e. The molecular weight excluding hydrogens is 186 g/mol. The lowest BCUT2D eigenvalue weighted by Crippen LogP contribution is -2.28. The SMILES string of the molecule is OCCCNCC1(c2ccccc2)CC1. The first kappa shape index (κ1) is 10.7. The molecule has 0 aliphatic heterocycles. The second kappa shape index (κ2) is 4.77. The van der Waals surface area contributed by atoms with Crippen LogP contribution in [0.4, 0.5) is 0 Å². The highest BCUT2D eigenvalue weighted by molar-refractivity contribution is 5.31. The van der Waals surface area contributed by atoms with Crippen LogP contribution in [-0.4, -0.2) is 24.8 Å².